The lowest BCUT2D eigenvalue weighted by Crippen LogP contribution is -2.77. The molecule has 1 aromatic heterocycles. The molecule has 0 atom stereocenters. The molecule has 12 aromatic rings. The zero-order valence-corrected chi connectivity index (χ0v) is 40.6. The zero-order chi connectivity index (χ0) is 47.8. The van der Waals surface area contributed by atoms with Gasteiger partial charge in [-0.05, 0) is 122 Å². The van der Waals surface area contributed by atoms with Crippen LogP contribution in [0.3, 0.4) is 0 Å². The predicted octanol–water partition coefficient (Wildman–Crippen LogP) is 15.3. The van der Waals surface area contributed by atoms with E-state index in [1.807, 2.05) is 0 Å². The zero-order valence-electron chi connectivity index (χ0n) is 39.6. The van der Waals surface area contributed by atoms with Gasteiger partial charge in [0.25, 0.3) is 0 Å². The maximum absolute atomic E-state index is 3.07. The lowest BCUT2D eigenvalue weighted by molar-refractivity contribution is 1.08. The minimum Gasteiger partial charge on any atom is -0.311 e. The number of rotatable bonds is 10. The summed E-state index contributed by atoms with van der Waals surface area (Å²) >= 11 is 0. The van der Waals surface area contributed by atoms with Gasteiger partial charge in [0.15, 0.2) is 8.07 Å². The smallest absolute Gasteiger partial charge is 0.186 e. The first-order valence-corrected chi connectivity index (χ1v) is 26.8. The van der Waals surface area contributed by atoms with Crippen LogP contribution in [-0.2, 0) is 0 Å². The summed E-state index contributed by atoms with van der Waals surface area (Å²) in [5.41, 5.74) is 15.0. The van der Waals surface area contributed by atoms with Crippen molar-refractivity contribution < 1.29 is 0 Å². The molecule has 0 fully saturated rings. The van der Waals surface area contributed by atoms with E-state index in [2.05, 4.69) is 312 Å². The fourth-order valence-corrected chi connectivity index (χ4v) is 16.5. The highest BCUT2D eigenvalue weighted by atomic mass is 28.3. The highest BCUT2D eigenvalue weighted by Gasteiger charge is 2.52. The van der Waals surface area contributed by atoms with Gasteiger partial charge >= 0.3 is 0 Å². The summed E-state index contributed by atoms with van der Waals surface area (Å²) < 4.78 is 2.52. The van der Waals surface area contributed by atoms with E-state index >= 15 is 0 Å². The standard InChI is InChI=1S/C68H49N3Si/c1-7-21-50(22-8-1)52-35-42-58(43-36-52)69(59-44-37-53(38-45-59)51-23-9-2-10-24-51)60-46-39-54(40-47-60)55-41-48-66-65(49-55)71(57-27-13-4-14-28-57)68-67(63-33-19-20-34-64(63)70(68)56-25-11-3-12-26-56)72(66,61-29-15-5-16-30-61)62-31-17-6-18-32-62/h1-49H. The molecule has 2 heterocycles. The van der Waals surface area contributed by atoms with Crippen molar-refractivity contribution in [2.75, 3.05) is 9.80 Å². The Kier molecular flexibility index (Phi) is 10.9. The van der Waals surface area contributed by atoms with E-state index in [1.165, 1.54) is 65.4 Å². The van der Waals surface area contributed by atoms with Gasteiger partial charge in [0.1, 0.15) is 5.82 Å². The molecular weight excluding hydrogens is 887 g/mol. The molecule has 0 bridgehead atoms. The van der Waals surface area contributed by atoms with Crippen molar-refractivity contribution in [2.45, 2.75) is 0 Å². The molecule has 72 heavy (non-hydrogen) atoms. The molecule has 4 heteroatoms. The first-order valence-electron chi connectivity index (χ1n) is 24.8. The van der Waals surface area contributed by atoms with Crippen molar-refractivity contribution in [3.63, 3.8) is 0 Å². The number of para-hydroxylation sites is 3. The van der Waals surface area contributed by atoms with E-state index < -0.39 is 8.07 Å². The molecule has 0 radical (unpaired) electrons. The first kappa shape index (κ1) is 42.8. The van der Waals surface area contributed by atoms with Crippen LogP contribution in [0.2, 0.25) is 0 Å². The van der Waals surface area contributed by atoms with Gasteiger partial charge in [0.2, 0.25) is 0 Å². The molecule has 13 rings (SSSR count). The fraction of sp³-hybridized carbons (Fsp3) is 0. The van der Waals surface area contributed by atoms with Gasteiger partial charge in [-0.2, -0.15) is 0 Å². The highest BCUT2D eigenvalue weighted by molar-refractivity contribution is 7.22. The minimum absolute atomic E-state index is 1.08. The summed E-state index contributed by atoms with van der Waals surface area (Å²) in [6.07, 6.45) is 0. The van der Waals surface area contributed by atoms with E-state index in [1.54, 1.807) is 0 Å². The third kappa shape index (κ3) is 7.28. The normalized spacial score (nSPS) is 12.5. The first-order chi connectivity index (χ1) is 35.7. The van der Waals surface area contributed by atoms with Crippen LogP contribution in [0, 0.1) is 0 Å². The van der Waals surface area contributed by atoms with Gasteiger partial charge in [-0.25, -0.2) is 0 Å². The molecule has 11 aromatic carbocycles. The maximum atomic E-state index is 2.55. The molecule has 340 valence electrons. The van der Waals surface area contributed by atoms with Gasteiger partial charge in [-0.1, -0.05) is 224 Å². The van der Waals surface area contributed by atoms with Gasteiger partial charge in [-0.15, -0.1) is 0 Å². The average molecular weight is 936 g/mol. The van der Waals surface area contributed by atoms with Crippen molar-refractivity contribution in [2.24, 2.45) is 0 Å². The number of fused-ring (bicyclic) bond motifs is 4. The Labute approximate surface area is 422 Å². The summed E-state index contributed by atoms with van der Waals surface area (Å²) in [4.78, 5) is 4.91. The van der Waals surface area contributed by atoms with E-state index in [0.29, 0.717) is 0 Å². The Balaban J connectivity index is 1.01. The molecule has 1 aliphatic rings. The number of hydrogen-bond donors (Lipinski definition) is 0. The second-order valence-electron chi connectivity index (χ2n) is 18.5. The van der Waals surface area contributed by atoms with Crippen LogP contribution in [0.1, 0.15) is 0 Å². The van der Waals surface area contributed by atoms with Crippen molar-refractivity contribution in [1.29, 1.82) is 0 Å². The quantitative estimate of drug-likeness (QED) is 0.127. The summed E-state index contributed by atoms with van der Waals surface area (Å²) in [6, 6.07) is 109. The van der Waals surface area contributed by atoms with Crippen LogP contribution < -0.4 is 30.5 Å². The van der Waals surface area contributed by atoms with Crippen molar-refractivity contribution >= 4 is 74.0 Å². The molecule has 0 unspecified atom stereocenters. The summed E-state index contributed by atoms with van der Waals surface area (Å²) in [5, 5.41) is 6.73. The van der Waals surface area contributed by atoms with E-state index in [0.717, 1.165) is 39.6 Å². The van der Waals surface area contributed by atoms with Crippen molar-refractivity contribution in [3.8, 4) is 39.1 Å². The van der Waals surface area contributed by atoms with Crippen LogP contribution in [0.4, 0.5) is 34.3 Å². The van der Waals surface area contributed by atoms with E-state index in [4.69, 9.17) is 0 Å². The number of benzene rings is 11. The monoisotopic (exact) mass is 935 g/mol. The molecule has 0 N–H and O–H groups in total. The SMILES string of the molecule is c1ccc(-c2ccc(N(c3ccc(-c4ccccc4)cc3)c3ccc(-c4ccc5c(c4)N(c4ccccc4)c4c(c6ccccc6n4-c4ccccc4)[Si]5(c4ccccc4)c4ccccc4)cc3)cc2)cc1. The predicted molar refractivity (Wildman–Crippen MR) is 306 cm³/mol. The number of nitrogens with zero attached hydrogens (tertiary/aromatic N) is 3. The number of aromatic nitrogens is 1. The van der Waals surface area contributed by atoms with Gasteiger partial charge in [0, 0.05) is 44.7 Å². The molecule has 3 nitrogen and oxygen atoms in total. The summed E-state index contributed by atoms with van der Waals surface area (Å²) in [6.45, 7) is 0. The third-order valence-corrected chi connectivity index (χ3v) is 19.3. The van der Waals surface area contributed by atoms with Crippen LogP contribution in [-0.4, -0.2) is 12.6 Å². The van der Waals surface area contributed by atoms with Crippen LogP contribution in [0.5, 0.6) is 0 Å². The molecule has 1 aliphatic heterocycles. The van der Waals surface area contributed by atoms with Gasteiger partial charge < -0.3 is 4.90 Å². The fourth-order valence-electron chi connectivity index (χ4n) is 11.2. The number of anilines is 6. The largest absolute Gasteiger partial charge is 0.311 e. The second-order valence-corrected chi connectivity index (χ2v) is 22.2. The van der Waals surface area contributed by atoms with Crippen LogP contribution in [0.25, 0.3) is 50.0 Å². The van der Waals surface area contributed by atoms with E-state index in [-0.39, 0.29) is 0 Å². The Morgan fingerprint density at radius 1 is 0.306 bits per heavy atom. The molecular formula is C68H49N3Si. The Hall–Kier alpha value is -9.22. The summed E-state index contributed by atoms with van der Waals surface area (Å²) in [7, 11) is -3.07. The second kappa shape index (κ2) is 18.3. The van der Waals surface area contributed by atoms with Crippen molar-refractivity contribution in [3.05, 3.63) is 297 Å². The maximum Gasteiger partial charge on any atom is 0.186 e. The summed E-state index contributed by atoms with van der Waals surface area (Å²) in [5.74, 6) is 1.18. The van der Waals surface area contributed by atoms with Gasteiger partial charge in [0.05, 0.1) is 5.52 Å². The van der Waals surface area contributed by atoms with Gasteiger partial charge in [-0.3, -0.25) is 9.47 Å². The van der Waals surface area contributed by atoms with Crippen molar-refractivity contribution in [1.82, 2.24) is 4.57 Å². The van der Waals surface area contributed by atoms with Crippen LogP contribution >= 0.6 is 0 Å². The molecule has 0 aliphatic carbocycles. The van der Waals surface area contributed by atoms with E-state index in [9.17, 15) is 0 Å². The topological polar surface area (TPSA) is 11.4 Å². The Morgan fingerprint density at radius 3 is 1.17 bits per heavy atom. The Morgan fingerprint density at radius 2 is 0.681 bits per heavy atom. The lowest BCUT2D eigenvalue weighted by atomic mass is 10.0. The number of hydrogen-bond acceptors (Lipinski definition) is 2. The molecule has 0 spiro atoms. The molecule has 0 amide bonds. The Bertz CT molecular complexity index is 3680. The minimum atomic E-state index is -3.07. The lowest BCUT2D eigenvalue weighted by Gasteiger charge is -2.44. The highest BCUT2D eigenvalue weighted by Crippen LogP contribution is 2.45. The third-order valence-electron chi connectivity index (χ3n) is 14.4. The molecule has 0 saturated heterocycles. The van der Waals surface area contributed by atoms with Crippen LogP contribution in [0.15, 0.2) is 297 Å². The molecule has 0 saturated carbocycles. The average Bonchev–Trinajstić information content (AvgIpc) is 3.81.